The van der Waals surface area contributed by atoms with E-state index < -0.39 is 32.7 Å². The molecule has 0 heterocycles. The van der Waals surface area contributed by atoms with Crippen LogP contribution in [0.4, 0.5) is 0 Å². The maximum absolute atomic E-state index is 12.8. The Hall–Kier alpha value is -1.32. The highest BCUT2D eigenvalue weighted by Gasteiger charge is 2.29. The van der Waals surface area contributed by atoms with Gasteiger partial charge in [0.1, 0.15) is 19.3 Å². The van der Waals surface area contributed by atoms with E-state index in [9.17, 15) is 24.5 Å². The second kappa shape index (κ2) is 30.5. The molecule has 0 spiro atoms. The van der Waals surface area contributed by atoms with Crippen LogP contribution in [0.1, 0.15) is 142 Å². The van der Waals surface area contributed by atoms with Gasteiger partial charge in [-0.2, -0.15) is 0 Å². The number of aliphatic hydroxyl groups is 2. The van der Waals surface area contributed by atoms with Gasteiger partial charge in [-0.25, -0.2) is 0 Å². The second-order valence-corrected chi connectivity index (χ2v) is 15.5. The highest BCUT2D eigenvalue weighted by molar-refractivity contribution is 7.45. The quantitative estimate of drug-likeness (QED) is 0.0275. The Morgan fingerprint density at radius 2 is 1.27 bits per heavy atom. The number of nitrogens with zero attached hydrogens (tertiary/aromatic N) is 1. The molecule has 48 heavy (non-hydrogen) atoms. The second-order valence-electron chi connectivity index (χ2n) is 14.1. The van der Waals surface area contributed by atoms with Crippen molar-refractivity contribution < 1.29 is 38.0 Å². The minimum absolute atomic E-state index is 0.0498. The fourth-order valence-corrected chi connectivity index (χ4v) is 5.90. The summed E-state index contributed by atoms with van der Waals surface area (Å²) in [6.45, 7) is 4.15. The van der Waals surface area contributed by atoms with E-state index in [0.717, 1.165) is 51.4 Å². The number of allylic oxidation sites excluding steroid dienone is 6. The van der Waals surface area contributed by atoms with Gasteiger partial charge in [0.25, 0.3) is 7.82 Å². The smallest absolute Gasteiger partial charge is 0.268 e. The summed E-state index contributed by atoms with van der Waals surface area (Å²) < 4.78 is 23.0. The number of carbonyl (C=O) groups is 1. The molecule has 0 aromatic rings. The average Bonchev–Trinajstić information content (AvgIpc) is 3.02. The van der Waals surface area contributed by atoms with Crippen LogP contribution in [-0.2, 0) is 18.4 Å². The monoisotopic (exact) mass is 701 g/mol. The van der Waals surface area contributed by atoms with Crippen molar-refractivity contribution in [1.29, 1.82) is 0 Å². The number of hydrogen-bond donors (Lipinski definition) is 3. The fourth-order valence-electron chi connectivity index (χ4n) is 5.17. The van der Waals surface area contributed by atoms with Crippen molar-refractivity contribution in [2.45, 2.75) is 161 Å². The molecular weight excluding hydrogens is 627 g/mol. The Morgan fingerprint density at radius 1 is 0.771 bits per heavy atom. The number of carbonyl (C=O) groups excluding carboxylic acids is 1. The van der Waals surface area contributed by atoms with Crippen LogP contribution in [0.2, 0.25) is 0 Å². The molecule has 9 nitrogen and oxygen atoms in total. The first kappa shape index (κ1) is 46.7. The minimum Gasteiger partial charge on any atom is -0.756 e. The third-order valence-electron chi connectivity index (χ3n) is 8.27. The molecule has 0 aromatic carbocycles. The molecule has 282 valence electrons. The van der Waals surface area contributed by atoms with Gasteiger partial charge in [0, 0.05) is 6.42 Å². The Labute approximate surface area is 294 Å². The first-order valence-corrected chi connectivity index (χ1v) is 20.3. The molecule has 4 unspecified atom stereocenters. The van der Waals surface area contributed by atoms with Crippen LogP contribution in [-0.4, -0.2) is 79.8 Å². The zero-order valence-electron chi connectivity index (χ0n) is 31.3. The summed E-state index contributed by atoms with van der Waals surface area (Å²) in [5.74, 6) is -0.299. The third-order valence-corrected chi connectivity index (χ3v) is 9.24. The number of amides is 1. The van der Waals surface area contributed by atoms with Gasteiger partial charge in [0.15, 0.2) is 0 Å². The van der Waals surface area contributed by atoms with E-state index in [1.807, 2.05) is 28.1 Å². The van der Waals surface area contributed by atoms with Crippen LogP contribution >= 0.6 is 7.82 Å². The Kier molecular flexibility index (Phi) is 29.7. The van der Waals surface area contributed by atoms with Crippen molar-refractivity contribution in [1.82, 2.24) is 5.32 Å². The molecule has 1 amide bonds. The van der Waals surface area contributed by atoms with Crippen molar-refractivity contribution in [2.24, 2.45) is 0 Å². The zero-order chi connectivity index (χ0) is 35.9. The summed E-state index contributed by atoms with van der Waals surface area (Å²) in [5.41, 5.74) is 0. The van der Waals surface area contributed by atoms with Crippen LogP contribution in [0.3, 0.4) is 0 Å². The number of phosphoric ester groups is 1. The van der Waals surface area contributed by atoms with Gasteiger partial charge >= 0.3 is 0 Å². The molecule has 0 aliphatic heterocycles. The number of quaternary nitrogens is 1. The summed E-state index contributed by atoms with van der Waals surface area (Å²) in [5, 5.41) is 24.4. The SMILES string of the molecule is C/C=C/CC/C=C/CC/C=C/CCCC(O)C(O)C(COP(=O)([O-])OCC[N+](C)(C)C)NC(=O)CCCCCCCCCCCCCC. The molecule has 0 aliphatic carbocycles. The zero-order valence-corrected chi connectivity index (χ0v) is 32.2. The minimum atomic E-state index is -4.67. The summed E-state index contributed by atoms with van der Waals surface area (Å²) in [6, 6.07) is -1.09. The molecule has 0 aliphatic rings. The number of phosphoric acid groups is 1. The highest BCUT2D eigenvalue weighted by Crippen LogP contribution is 2.38. The molecule has 10 heteroatoms. The first-order chi connectivity index (χ1) is 22.9. The Morgan fingerprint density at radius 3 is 1.79 bits per heavy atom. The van der Waals surface area contributed by atoms with E-state index in [1.165, 1.54) is 51.4 Å². The number of rotatable bonds is 33. The van der Waals surface area contributed by atoms with E-state index in [0.29, 0.717) is 30.3 Å². The van der Waals surface area contributed by atoms with Crippen molar-refractivity contribution in [3.05, 3.63) is 36.5 Å². The summed E-state index contributed by atoms with van der Waals surface area (Å²) in [7, 11) is 1.09. The Bertz CT molecular complexity index is 904. The van der Waals surface area contributed by atoms with Gasteiger partial charge in [-0.15, -0.1) is 0 Å². The molecule has 4 atom stereocenters. The topological polar surface area (TPSA) is 128 Å². The van der Waals surface area contributed by atoms with Crippen LogP contribution in [0, 0.1) is 0 Å². The standard InChI is InChI=1S/C38H73N2O7P/c1-6-8-10-12-14-16-18-20-22-24-26-28-30-36(41)38(43)35(34-47-48(44,45)46-33-32-40(3,4)5)39-37(42)31-29-27-25-23-21-19-17-15-13-11-9-7-2/h6,8,14,16,22,24,35-36,38,41,43H,7,9-13,15,17-21,23,25-34H2,1-5H3,(H-,39,42,44,45)/b8-6+,16-14+,24-22+. The van der Waals surface area contributed by atoms with Gasteiger partial charge in [0.05, 0.1) is 39.9 Å². The molecule has 3 N–H and O–H groups in total. The summed E-state index contributed by atoms with van der Waals surface area (Å²) in [6.07, 6.45) is 30.6. The largest absolute Gasteiger partial charge is 0.756 e. The first-order valence-electron chi connectivity index (χ1n) is 18.9. The fraction of sp³-hybridized carbons (Fsp3) is 0.816. The third kappa shape index (κ3) is 30.7. The van der Waals surface area contributed by atoms with Crippen LogP contribution in [0.25, 0.3) is 0 Å². The normalized spacial score (nSPS) is 15.8. The lowest BCUT2D eigenvalue weighted by Gasteiger charge is -2.31. The van der Waals surface area contributed by atoms with Crippen LogP contribution in [0.15, 0.2) is 36.5 Å². The predicted molar refractivity (Wildman–Crippen MR) is 197 cm³/mol. The number of unbranched alkanes of at least 4 members (excludes halogenated alkanes) is 14. The van der Waals surface area contributed by atoms with Crippen molar-refractivity contribution >= 4 is 13.7 Å². The summed E-state index contributed by atoms with van der Waals surface area (Å²) >= 11 is 0. The van der Waals surface area contributed by atoms with E-state index in [4.69, 9.17) is 9.05 Å². The number of aliphatic hydroxyl groups excluding tert-OH is 2. The Balaban J connectivity index is 4.70. The number of hydrogen-bond acceptors (Lipinski definition) is 7. The maximum atomic E-state index is 12.8. The van der Waals surface area contributed by atoms with Gasteiger partial charge in [-0.3, -0.25) is 9.36 Å². The van der Waals surface area contributed by atoms with E-state index in [2.05, 4.69) is 48.7 Å². The van der Waals surface area contributed by atoms with E-state index >= 15 is 0 Å². The van der Waals surface area contributed by atoms with Crippen LogP contribution in [0.5, 0.6) is 0 Å². The van der Waals surface area contributed by atoms with E-state index in [-0.39, 0.29) is 18.9 Å². The van der Waals surface area contributed by atoms with Crippen molar-refractivity contribution in [2.75, 3.05) is 40.9 Å². The van der Waals surface area contributed by atoms with Crippen molar-refractivity contribution in [3.8, 4) is 0 Å². The lowest BCUT2D eigenvalue weighted by Crippen LogP contribution is -2.51. The molecule has 0 rings (SSSR count). The summed E-state index contributed by atoms with van der Waals surface area (Å²) in [4.78, 5) is 25.2. The van der Waals surface area contributed by atoms with Gasteiger partial charge in [-0.1, -0.05) is 114 Å². The highest BCUT2D eigenvalue weighted by atomic mass is 31.2. The average molecular weight is 701 g/mol. The lowest BCUT2D eigenvalue weighted by molar-refractivity contribution is -0.870. The van der Waals surface area contributed by atoms with Crippen molar-refractivity contribution in [3.63, 3.8) is 0 Å². The molecule has 0 fully saturated rings. The number of likely N-dealkylation sites (N-methyl/N-ethyl adjacent to an activating group) is 1. The van der Waals surface area contributed by atoms with Gasteiger partial charge < -0.3 is 34.0 Å². The molecule has 0 bridgehead atoms. The molecule has 0 saturated carbocycles. The molecule has 0 radical (unpaired) electrons. The molecular formula is C38H73N2O7P. The van der Waals surface area contributed by atoms with E-state index in [1.54, 1.807) is 0 Å². The van der Waals surface area contributed by atoms with Gasteiger partial charge in [-0.05, 0) is 58.3 Å². The van der Waals surface area contributed by atoms with Gasteiger partial charge in [0.2, 0.25) is 5.91 Å². The number of nitrogens with one attached hydrogen (secondary N) is 1. The molecule has 0 aromatic heterocycles. The molecule has 0 saturated heterocycles. The van der Waals surface area contributed by atoms with Crippen LogP contribution < -0.4 is 10.2 Å². The lowest BCUT2D eigenvalue weighted by atomic mass is 10.0. The maximum Gasteiger partial charge on any atom is 0.268 e. The predicted octanol–water partition coefficient (Wildman–Crippen LogP) is 7.91.